The van der Waals surface area contributed by atoms with Crippen molar-refractivity contribution in [3.05, 3.63) is 87.3 Å². The first-order valence-corrected chi connectivity index (χ1v) is 15.9. The molecule has 48 heavy (non-hydrogen) atoms. The van der Waals surface area contributed by atoms with E-state index < -0.39 is 17.8 Å². The standard InChI is InChI=1S/C31H30Cl2F3N9O3/c32-20-1-4-25(38-15-20)45-17-19(26(42-45)31(34,35)36)13-22-16-39-27(40-22)28(46)41-21-2-3-23(24(33)14-21)30(48)44-11-9-43(10-12-44)29(47)18-5-7-37-8-6-18/h1-4,14-18,37H,5-13H2,(H,39,40)(H,41,46). The molecule has 2 fully saturated rings. The molecule has 3 aromatic heterocycles. The van der Waals surface area contributed by atoms with Crippen molar-refractivity contribution in [3.8, 4) is 5.82 Å². The summed E-state index contributed by atoms with van der Waals surface area (Å²) in [4.78, 5) is 53.3. The van der Waals surface area contributed by atoms with Crippen LogP contribution in [0.2, 0.25) is 10.0 Å². The number of rotatable bonds is 7. The van der Waals surface area contributed by atoms with Crippen LogP contribution in [0, 0.1) is 5.92 Å². The Labute approximate surface area is 282 Å². The highest BCUT2D eigenvalue weighted by molar-refractivity contribution is 6.34. The molecule has 0 saturated carbocycles. The molecule has 252 valence electrons. The van der Waals surface area contributed by atoms with Gasteiger partial charge in [-0.15, -0.1) is 0 Å². The maximum Gasteiger partial charge on any atom is 0.435 e. The average Bonchev–Trinajstić information content (AvgIpc) is 3.73. The van der Waals surface area contributed by atoms with Crippen molar-refractivity contribution in [2.24, 2.45) is 5.92 Å². The molecule has 0 atom stereocenters. The van der Waals surface area contributed by atoms with Gasteiger partial charge in [0, 0.05) is 74.1 Å². The Kier molecular flexibility index (Phi) is 9.71. The van der Waals surface area contributed by atoms with Gasteiger partial charge in [-0.25, -0.2) is 14.6 Å². The highest BCUT2D eigenvalue weighted by Gasteiger charge is 2.37. The molecule has 3 amide bonds. The summed E-state index contributed by atoms with van der Waals surface area (Å²) in [5.74, 6) is -0.782. The number of hydrogen-bond acceptors (Lipinski definition) is 7. The molecule has 2 aliphatic heterocycles. The summed E-state index contributed by atoms with van der Waals surface area (Å²) in [6.07, 6.45) is 0.423. The van der Waals surface area contributed by atoms with Crippen LogP contribution in [0.1, 0.15) is 50.8 Å². The van der Waals surface area contributed by atoms with Crippen LogP contribution in [0.3, 0.4) is 0 Å². The number of nitrogens with zero attached hydrogens (tertiary/aromatic N) is 6. The molecule has 0 radical (unpaired) electrons. The van der Waals surface area contributed by atoms with Gasteiger partial charge in [0.1, 0.15) is 0 Å². The molecule has 2 saturated heterocycles. The van der Waals surface area contributed by atoms with E-state index in [2.05, 4.69) is 30.7 Å². The Bertz CT molecular complexity index is 1810. The normalized spacial score (nSPS) is 15.9. The van der Waals surface area contributed by atoms with E-state index in [9.17, 15) is 27.6 Å². The van der Waals surface area contributed by atoms with Crippen molar-refractivity contribution in [1.29, 1.82) is 0 Å². The number of benzene rings is 1. The highest BCUT2D eigenvalue weighted by Crippen LogP contribution is 2.32. The van der Waals surface area contributed by atoms with E-state index in [4.69, 9.17) is 23.2 Å². The molecule has 12 nitrogen and oxygen atoms in total. The Morgan fingerprint density at radius 2 is 1.69 bits per heavy atom. The van der Waals surface area contributed by atoms with E-state index in [-0.39, 0.29) is 63.3 Å². The molecule has 4 aromatic rings. The number of hydrogen-bond donors (Lipinski definition) is 3. The number of carbonyl (C=O) groups excluding carboxylic acids is 3. The van der Waals surface area contributed by atoms with Gasteiger partial charge in [-0.1, -0.05) is 23.2 Å². The van der Waals surface area contributed by atoms with E-state index in [0.29, 0.717) is 31.2 Å². The number of nitrogens with one attached hydrogen (secondary N) is 3. The third-order valence-corrected chi connectivity index (χ3v) is 8.79. The van der Waals surface area contributed by atoms with Gasteiger partial charge in [-0.05, 0) is 56.3 Å². The van der Waals surface area contributed by atoms with E-state index in [1.165, 1.54) is 48.9 Å². The van der Waals surface area contributed by atoms with Crippen LogP contribution in [0.15, 0.2) is 48.9 Å². The van der Waals surface area contributed by atoms with Crippen molar-refractivity contribution >= 4 is 46.6 Å². The minimum Gasteiger partial charge on any atom is -0.339 e. The Hall–Kier alpha value is -4.47. The zero-order valence-electron chi connectivity index (χ0n) is 25.4. The molecule has 0 aliphatic carbocycles. The summed E-state index contributed by atoms with van der Waals surface area (Å²) < 4.78 is 42.4. The van der Waals surface area contributed by atoms with Crippen molar-refractivity contribution in [2.45, 2.75) is 25.4 Å². The van der Waals surface area contributed by atoms with Gasteiger partial charge in [0.05, 0.1) is 15.6 Å². The fourth-order valence-corrected chi connectivity index (χ4v) is 6.13. The van der Waals surface area contributed by atoms with Gasteiger partial charge in [0.2, 0.25) is 5.91 Å². The van der Waals surface area contributed by atoms with Gasteiger partial charge in [0.25, 0.3) is 11.8 Å². The number of alkyl halides is 3. The lowest BCUT2D eigenvalue weighted by atomic mass is 9.96. The lowest BCUT2D eigenvalue weighted by molar-refractivity contribution is -0.142. The number of carbonyl (C=O) groups is 3. The number of piperazine rings is 1. The van der Waals surface area contributed by atoms with Crippen LogP contribution in [-0.4, -0.2) is 91.5 Å². The van der Waals surface area contributed by atoms with Crippen molar-refractivity contribution in [2.75, 3.05) is 44.6 Å². The average molecular weight is 705 g/mol. The minimum absolute atomic E-state index is 0.0179. The summed E-state index contributed by atoms with van der Waals surface area (Å²) in [7, 11) is 0. The number of piperidine rings is 1. The van der Waals surface area contributed by atoms with E-state index in [1.807, 2.05) is 4.90 Å². The second kappa shape index (κ2) is 13.9. The highest BCUT2D eigenvalue weighted by atomic mass is 35.5. The summed E-state index contributed by atoms with van der Waals surface area (Å²) in [6.45, 7) is 3.32. The molecular formula is C31H30Cl2F3N9O3. The summed E-state index contributed by atoms with van der Waals surface area (Å²) in [5.41, 5.74) is -0.477. The maximum atomic E-state index is 13.8. The molecule has 17 heteroatoms. The number of anilines is 1. The number of pyridine rings is 1. The summed E-state index contributed by atoms with van der Waals surface area (Å²) in [6, 6.07) is 7.38. The minimum atomic E-state index is -4.74. The topological polar surface area (TPSA) is 141 Å². The zero-order valence-corrected chi connectivity index (χ0v) is 26.9. The smallest absolute Gasteiger partial charge is 0.339 e. The van der Waals surface area contributed by atoms with Gasteiger partial charge >= 0.3 is 6.18 Å². The first-order valence-electron chi connectivity index (χ1n) is 15.2. The molecule has 1 aromatic carbocycles. The first-order chi connectivity index (χ1) is 23.0. The Morgan fingerprint density at radius 1 is 0.958 bits per heavy atom. The van der Waals surface area contributed by atoms with Crippen LogP contribution < -0.4 is 10.6 Å². The fraction of sp³-hybridized carbons (Fsp3) is 0.355. The van der Waals surface area contributed by atoms with Gasteiger partial charge in [-0.2, -0.15) is 18.3 Å². The van der Waals surface area contributed by atoms with Crippen molar-refractivity contribution in [3.63, 3.8) is 0 Å². The molecule has 0 unspecified atom stereocenters. The SMILES string of the molecule is O=C(Nc1ccc(C(=O)N2CCN(C(=O)C3CCNCC3)CC2)c(Cl)c1)c1ncc(Cc2cn(-c3ccc(Cl)cn3)nc2C(F)(F)F)[nH]1. The van der Waals surface area contributed by atoms with E-state index in [0.717, 1.165) is 30.6 Å². The lowest BCUT2D eigenvalue weighted by Crippen LogP contribution is -2.52. The van der Waals surface area contributed by atoms with Gasteiger partial charge in [0.15, 0.2) is 17.3 Å². The first kappa shape index (κ1) is 33.4. The third-order valence-electron chi connectivity index (χ3n) is 8.25. The van der Waals surface area contributed by atoms with Crippen LogP contribution in [0.4, 0.5) is 18.9 Å². The van der Waals surface area contributed by atoms with Crippen molar-refractivity contribution < 1.29 is 27.6 Å². The van der Waals surface area contributed by atoms with Gasteiger partial charge in [-0.3, -0.25) is 14.4 Å². The number of amides is 3. The quantitative estimate of drug-likeness (QED) is 0.259. The second-order valence-electron chi connectivity index (χ2n) is 11.5. The predicted molar refractivity (Wildman–Crippen MR) is 170 cm³/mol. The van der Waals surface area contributed by atoms with Crippen LogP contribution in [0.5, 0.6) is 0 Å². The molecule has 5 heterocycles. The number of halogens is 5. The molecule has 2 aliphatic rings. The lowest BCUT2D eigenvalue weighted by Gasteiger charge is -2.37. The molecule has 6 rings (SSSR count). The summed E-state index contributed by atoms with van der Waals surface area (Å²) >= 11 is 12.3. The largest absolute Gasteiger partial charge is 0.435 e. The van der Waals surface area contributed by atoms with Crippen molar-refractivity contribution in [1.82, 2.24) is 39.8 Å². The zero-order chi connectivity index (χ0) is 34.0. The van der Waals surface area contributed by atoms with E-state index in [1.54, 1.807) is 4.90 Å². The Balaban J connectivity index is 1.07. The number of aromatic nitrogens is 5. The summed E-state index contributed by atoms with van der Waals surface area (Å²) in [5, 5.41) is 10.0. The molecule has 0 bridgehead atoms. The molecular weight excluding hydrogens is 674 g/mol. The van der Waals surface area contributed by atoms with Crippen LogP contribution in [-0.2, 0) is 17.4 Å². The fourth-order valence-electron chi connectivity index (χ4n) is 5.75. The Morgan fingerprint density at radius 3 is 2.35 bits per heavy atom. The number of imidazole rings is 1. The third kappa shape index (κ3) is 7.48. The maximum absolute atomic E-state index is 13.8. The predicted octanol–water partition coefficient (Wildman–Crippen LogP) is 4.44. The monoisotopic (exact) mass is 703 g/mol. The molecule has 0 spiro atoms. The van der Waals surface area contributed by atoms with Crippen LogP contribution in [0.25, 0.3) is 5.82 Å². The second-order valence-corrected chi connectivity index (χ2v) is 12.3. The van der Waals surface area contributed by atoms with E-state index >= 15 is 0 Å². The number of H-pyrrole nitrogens is 1. The van der Waals surface area contributed by atoms with Crippen LogP contribution >= 0.6 is 23.2 Å². The molecule has 3 N–H and O–H groups in total. The van der Waals surface area contributed by atoms with Gasteiger partial charge < -0.3 is 25.4 Å². The number of aromatic amines is 1.